The van der Waals surface area contributed by atoms with Gasteiger partial charge in [0.2, 0.25) is 0 Å². The molecule has 0 bridgehead atoms. The fraction of sp³-hybridized carbons (Fsp3) is 0.188. The second-order valence-electron chi connectivity index (χ2n) is 5.24. The van der Waals surface area contributed by atoms with Crippen molar-refractivity contribution in [1.29, 1.82) is 0 Å². The summed E-state index contributed by atoms with van der Waals surface area (Å²) in [5, 5.41) is 0. The fourth-order valence-electron chi connectivity index (χ4n) is 2.44. The molecule has 0 spiro atoms. The highest BCUT2D eigenvalue weighted by molar-refractivity contribution is 7.93. The lowest BCUT2D eigenvalue weighted by Crippen LogP contribution is -2.17. The number of esters is 1. The summed E-state index contributed by atoms with van der Waals surface area (Å²) < 4.78 is 51.4. The third-order valence-electron chi connectivity index (χ3n) is 3.71. The van der Waals surface area contributed by atoms with Crippen molar-refractivity contribution in [1.82, 2.24) is 8.75 Å². The highest BCUT2D eigenvalue weighted by atomic mass is 32.2. The number of carbonyl (C=O) groups excluding carboxylic acids is 1. The van der Waals surface area contributed by atoms with Crippen LogP contribution < -0.4 is 14.2 Å². The highest BCUT2D eigenvalue weighted by Gasteiger charge is 2.24. The van der Waals surface area contributed by atoms with E-state index < -0.39 is 16.0 Å². The molecule has 142 valence electrons. The summed E-state index contributed by atoms with van der Waals surface area (Å²) in [6.45, 7) is 0. The van der Waals surface area contributed by atoms with Crippen LogP contribution in [0.3, 0.4) is 0 Å². The number of methoxy groups -OCH3 is 3. The van der Waals surface area contributed by atoms with Gasteiger partial charge in [0.25, 0.3) is 10.0 Å². The molecule has 3 aromatic rings. The Morgan fingerprint density at radius 3 is 2.44 bits per heavy atom. The van der Waals surface area contributed by atoms with Gasteiger partial charge in [0.1, 0.15) is 15.9 Å². The van der Waals surface area contributed by atoms with E-state index in [9.17, 15) is 13.2 Å². The number of aromatic nitrogens is 2. The Labute approximate surface area is 159 Å². The Hall–Kier alpha value is -2.92. The van der Waals surface area contributed by atoms with E-state index >= 15 is 0 Å². The van der Waals surface area contributed by atoms with Crippen LogP contribution in [0.25, 0.3) is 11.0 Å². The van der Waals surface area contributed by atoms with Crippen LogP contribution >= 0.6 is 11.7 Å². The van der Waals surface area contributed by atoms with Crippen molar-refractivity contribution in [3.05, 3.63) is 35.9 Å². The van der Waals surface area contributed by atoms with E-state index in [1.54, 1.807) is 12.1 Å². The summed E-state index contributed by atoms with van der Waals surface area (Å²) in [7, 11) is -0.0752. The predicted octanol–water partition coefficient (Wildman–Crippen LogP) is 2.30. The molecule has 2 aromatic carbocycles. The molecule has 1 aromatic heterocycles. The smallest absolute Gasteiger partial charge is 0.340 e. The molecule has 0 atom stereocenters. The first kappa shape index (κ1) is 18.9. The summed E-state index contributed by atoms with van der Waals surface area (Å²) in [5.41, 5.74) is 0.667. The zero-order valence-corrected chi connectivity index (χ0v) is 16.2. The molecule has 0 fully saturated rings. The molecular formula is C16H15N3O6S2. The zero-order valence-electron chi connectivity index (χ0n) is 14.5. The number of carbonyl (C=O) groups is 1. The summed E-state index contributed by atoms with van der Waals surface area (Å²) in [5.74, 6) is -0.231. The van der Waals surface area contributed by atoms with Gasteiger partial charge in [-0.3, -0.25) is 4.72 Å². The van der Waals surface area contributed by atoms with E-state index in [1.807, 2.05) is 0 Å². The molecule has 9 nitrogen and oxygen atoms in total. The fourth-order valence-corrected chi connectivity index (χ4v) is 4.28. The number of anilines is 1. The van der Waals surface area contributed by atoms with E-state index in [1.165, 1.54) is 39.5 Å². The van der Waals surface area contributed by atoms with Crippen molar-refractivity contribution in [2.24, 2.45) is 0 Å². The molecule has 0 saturated heterocycles. The molecule has 0 radical (unpaired) electrons. The van der Waals surface area contributed by atoms with Crippen molar-refractivity contribution in [3.63, 3.8) is 0 Å². The monoisotopic (exact) mass is 409 g/mol. The van der Waals surface area contributed by atoms with Crippen molar-refractivity contribution in [2.75, 3.05) is 26.1 Å². The average molecular weight is 409 g/mol. The quantitative estimate of drug-likeness (QED) is 0.617. The molecule has 0 aliphatic carbocycles. The standard InChI is InChI=1S/C16H15N3O6S2/c1-23-12-7-9(16(20)25-3)11(8-13(12)24-2)19-27(21,22)14-6-4-5-10-15(14)18-26-17-10/h4-8,19H,1-3H3. The molecule has 0 saturated carbocycles. The van der Waals surface area contributed by atoms with Crippen LogP contribution in [0.15, 0.2) is 35.2 Å². The van der Waals surface area contributed by atoms with E-state index in [4.69, 9.17) is 14.2 Å². The van der Waals surface area contributed by atoms with E-state index in [-0.39, 0.29) is 33.2 Å². The van der Waals surface area contributed by atoms with Gasteiger partial charge < -0.3 is 14.2 Å². The molecule has 27 heavy (non-hydrogen) atoms. The van der Waals surface area contributed by atoms with Gasteiger partial charge >= 0.3 is 5.97 Å². The maximum Gasteiger partial charge on any atom is 0.340 e. The van der Waals surface area contributed by atoms with Crippen LogP contribution in [0.1, 0.15) is 10.4 Å². The summed E-state index contributed by atoms with van der Waals surface area (Å²) >= 11 is 0.909. The Morgan fingerprint density at radius 2 is 1.78 bits per heavy atom. The molecule has 1 N–H and O–H groups in total. The Balaban J connectivity index is 2.13. The SMILES string of the molecule is COC(=O)c1cc(OC)c(OC)cc1NS(=O)(=O)c1cccc2nsnc12. The van der Waals surface area contributed by atoms with Gasteiger partial charge in [-0.05, 0) is 12.1 Å². The maximum absolute atomic E-state index is 12.9. The molecule has 1 heterocycles. The minimum atomic E-state index is -4.07. The second-order valence-corrected chi connectivity index (χ2v) is 7.42. The van der Waals surface area contributed by atoms with Crippen LogP contribution in [0.5, 0.6) is 11.5 Å². The van der Waals surface area contributed by atoms with Crippen molar-refractivity contribution in [2.45, 2.75) is 4.90 Å². The van der Waals surface area contributed by atoms with Gasteiger partial charge in [-0.15, -0.1) is 0 Å². The Kier molecular flexibility index (Phi) is 5.15. The number of benzene rings is 2. The lowest BCUT2D eigenvalue weighted by atomic mass is 10.1. The minimum absolute atomic E-state index is 0.0142. The zero-order chi connectivity index (χ0) is 19.6. The lowest BCUT2D eigenvalue weighted by molar-refractivity contribution is 0.0601. The lowest BCUT2D eigenvalue weighted by Gasteiger charge is -2.15. The van der Waals surface area contributed by atoms with Crippen molar-refractivity contribution in [3.8, 4) is 11.5 Å². The average Bonchev–Trinajstić information content (AvgIpc) is 3.15. The highest BCUT2D eigenvalue weighted by Crippen LogP contribution is 2.35. The maximum atomic E-state index is 12.9. The number of ether oxygens (including phenoxy) is 3. The van der Waals surface area contributed by atoms with Crippen LogP contribution in [-0.4, -0.2) is 44.5 Å². The number of hydrogen-bond acceptors (Lipinski definition) is 9. The van der Waals surface area contributed by atoms with Gasteiger partial charge in [-0.25, -0.2) is 13.2 Å². The number of fused-ring (bicyclic) bond motifs is 1. The number of nitrogens with zero attached hydrogens (tertiary/aromatic N) is 2. The third-order valence-corrected chi connectivity index (χ3v) is 5.65. The molecule has 0 amide bonds. The van der Waals surface area contributed by atoms with Crippen molar-refractivity contribution >= 4 is 44.4 Å². The van der Waals surface area contributed by atoms with E-state index in [0.717, 1.165) is 11.7 Å². The van der Waals surface area contributed by atoms with Crippen LogP contribution in [-0.2, 0) is 14.8 Å². The van der Waals surface area contributed by atoms with Gasteiger partial charge in [0.15, 0.2) is 11.5 Å². The van der Waals surface area contributed by atoms with Crippen LogP contribution in [0, 0.1) is 0 Å². The molecule has 11 heteroatoms. The number of nitrogens with one attached hydrogen (secondary N) is 1. The van der Waals surface area contributed by atoms with Crippen molar-refractivity contribution < 1.29 is 27.4 Å². The first-order valence-electron chi connectivity index (χ1n) is 7.49. The number of rotatable bonds is 6. The minimum Gasteiger partial charge on any atom is -0.493 e. The summed E-state index contributed by atoms with van der Waals surface area (Å²) in [6, 6.07) is 7.32. The van der Waals surface area contributed by atoms with Crippen LogP contribution in [0.4, 0.5) is 5.69 Å². The van der Waals surface area contributed by atoms with Gasteiger partial charge in [0, 0.05) is 12.1 Å². The molecule has 0 unspecified atom stereocenters. The molecule has 3 rings (SSSR count). The summed E-state index contributed by atoms with van der Waals surface area (Å²) in [4.78, 5) is 12.1. The predicted molar refractivity (Wildman–Crippen MR) is 99.1 cm³/mol. The summed E-state index contributed by atoms with van der Waals surface area (Å²) in [6.07, 6.45) is 0. The van der Waals surface area contributed by atoms with E-state index in [0.29, 0.717) is 5.52 Å². The van der Waals surface area contributed by atoms with Gasteiger partial charge in [0.05, 0.1) is 44.3 Å². The first-order valence-corrected chi connectivity index (χ1v) is 9.71. The molecular weight excluding hydrogens is 394 g/mol. The number of hydrogen-bond donors (Lipinski definition) is 1. The normalized spacial score (nSPS) is 11.2. The third kappa shape index (κ3) is 3.51. The first-order chi connectivity index (χ1) is 12.9. The number of sulfonamides is 1. The van der Waals surface area contributed by atoms with Gasteiger partial charge in [-0.1, -0.05) is 6.07 Å². The largest absolute Gasteiger partial charge is 0.493 e. The Morgan fingerprint density at radius 1 is 1.07 bits per heavy atom. The van der Waals surface area contributed by atoms with Gasteiger partial charge in [-0.2, -0.15) is 8.75 Å². The molecule has 0 aliphatic heterocycles. The second kappa shape index (κ2) is 7.37. The topological polar surface area (TPSA) is 117 Å². The van der Waals surface area contributed by atoms with Crippen LogP contribution in [0.2, 0.25) is 0 Å². The van der Waals surface area contributed by atoms with E-state index in [2.05, 4.69) is 13.5 Å². The molecule has 0 aliphatic rings. The Bertz CT molecular complexity index is 1110.